The van der Waals surface area contributed by atoms with Crippen molar-refractivity contribution in [2.45, 2.75) is 32.7 Å². The largest absolute Gasteiger partial charge is 0.507 e. The summed E-state index contributed by atoms with van der Waals surface area (Å²) in [6, 6.07) is 19.4. The van der Waals surface area contributed by atoms with Gasteiger partial charge in [-0.3, -0.25) is 14.5 Å². The molecular formula is C28H23ClN2O3S. The number of rotatable bonds is 4. The summed E-state index contributed by atoms with van der Waals surface area (Å²) in [4.78, 5) is 32.8. The summed E-state index contributed by atoms with van der Waals surface area (Å²) in [5.41, 5.74) is 4.14. The highest BCUT2D eigenvalue weighted by Crippen LogP contribution is 2.44. The van der Waals surface area contributed by atoms with E-state index in [-0.39, 0.29) is 11.3 Å². The van der Waals surface area contributed by atoms with Crippen LogP contribution in [0.1, 0.15) is 48.1 Å². The summed E-state index contributed by atoms with van der Waals surface area (Å²) in [6.45, 7) is 6.20. The lowest BCUT2D eigenvalue weighted by Gasteiger charge is -2.23. The molecule has 1 N–H and O–H groups in total. The number of halogens is 1. The maximum Gasteiger partial charge on any atom is 0.301 e. The Labute approximate surface area is 212 Å². The number of fused-ring (bicyclic) bond motifs is 1. The molecule has 0 bridgehead atoms. The number of Topliss-reactive ketones (excluding diaryl/α,β-unsaturated/α-hetero) is 1. The van der Waals surface area contributed by atoms with E-state index >= 15 is 0 Å². The molecule has 1 fully saturated rings. The molecule has 1 aliphatic rings. The van der Waals surface area contributed by atoms with E-state index < -0.39 is 17.7 Å². The number of hydrogen-bond acceptors (Lipinski definition) is 5. The molecule has 1 saturated heterocycles. The Bertz CT molecular complexity index is 1490. The first-order valence-corrected chi connectivity index (χ1v) is 12.5. The maximum atomic E-state index is 13.4. The van der Waals surface area contributed by atoms with E-state index in [9.17, 15) is 14.7 Å². The number of aromatic nitrogens is 1. The van der Waals surface area contributed by atoms with Gasteiger partial charge in [-0.1, -0.05) is 67.1 Å². The van der Waals surface area contributed by atoms with Crippen molar-refractivity contribution in [1.29, 1.82) is 0 Å². The standard InChI is InChI=1S/C28H23ClN2O3S/c1-15(2)17-5-7-18(8-6-17)24-23(25(32)19-9-11-20(29)12-10-19)26(33)27(34)31(24)28-30-21-13-4-16(3)14-22(21)35-28/h4-15,24,32H,1-3H3/b25-23+. The predicted octanol–water partition coefficient (Wildman–Crippen LogP) is 7.01. The quantitative estimate of drug-likeness (QED) is 0.185. The first kappa shape index (κ1) is 23.3. The number of aliphatic hydroxyl groups excluding tert-OH is 1. The summed E-state index contributed by atoms with van der Waals surface area (Å²) in [5.74, 6) is -1.37. The minimum Gasteiger partial charge on any atom is -0.507 e. The third-order valence-corrected chi connectivity index (χ3v) is 7.49. The van der Waals surface area contributed by atoms with Gasteiger partial charge in [0.2, 0.25) is 0 Å². The number of carbonyl (C=O) groups is 2. The van der Waals surface area contributed by atoms with Crippen molar-refractivity contribution in [2.24, 2.45) is 0 Å². The van der Waals surface area contributed by atoms with Gasteiger partial charge in [0, 0.05) is 10.6 Å². The monoisotopic (exact) mass is 502 g/mol. The lowest BCUT2D eigenvalue weighted by Crippen LogP contribution is -2.29. The van der Waals surface area contributed by atoms with Crippen LogP contribution in [0, 0.1) is 6.92 Å². The van der Waals surface area contributed by atoms with Gasteiger partial charge in [-0.05, 0) is 65.9 Å². The van der Waals surface area contributed by atoms with Crippen molar-refractivity contribution >= 4 is 55.7 Å². The topological polar surface area (TPSA) is 70.5 Å². The molecule has 0 radical (unpaired) electrons. The normalized spacial score (nSPS) is 17.6. The van der Waals surface area contributed by atoms with Gasteiger partial charge in [-0.15, -0.1) is 0 Å². The van der Waals surface area contributed by atoms with E-state index in [0.29, 0.717) is 21.6 Å². The average molecular weight is 503 g/mol. The molecule has 0 aliphatic carbocycles. The molecule has 4 aromatic rings. The zero-order chi connectivity index (χ0) is 24.9. The second-order valence-electron chi connectivity index (χ2n) is 8.96. The van der Waals surface area contributed by atoms with Gasteiger partial charge in [0.25, 0.3) is 5.78 Å². The van der Waals surface area contributed by atoms with Gasteiger partial charge in [0.05, 0.1) is 21.8 Å². The smallest absolute Gasteiger partial charge is 0.301 e. The molecular weight excluding hydrogens is 480 g/mol. The zero-order valence-corrected chi connectivity index (χ0v) is 21.0. The number of hydrogen-bond donors (Lipinski definition) is 1. The average Bonchev–Trinajstić information content (AvgIpc) is 3.37. The summed E-state index contributed by atoms with van der Waals surface area (Å²) in [5, 5.41) is 12.2. The van der Waals surface area contributed by atoms with Crippen molar-refractivity contribution < 1.29 is 14.7 Å². The Hall–Kier alpha value is -3.48. The Balaban J connectivity index is 1.71. The molecule has 0 saturated carbocycles. The summed E-state index contributed by atoms with van der Waals surface area (Å²) in [7, 11) is 0. The van der Waals surface area contributed by atoms with Crippen molar-refractivity contribution in [3.05, 3.63) is 99.6 Å². The van der Waals surface area contributed by atoms with Crippen molar-refractivity contribution in [3.63, 3.8) is 0 Å². The molecule has 0 spiro atoms. The molecule has 1 aliphatic heterocycles. The number of aliphatic hydroxyl groups is 1. The van der Waals surface area contributed by atoms with Gasteiger partial charge in [0.15, 0.2) is 5.13 Å². The molecule has 5 nitrogen and oxygen atoms in total. The fourth-order valence-electron chi connectivity index (χ4n) is 4.29. The van der Waals surface area contributed by atoms with E-state index in [1.807, 2.05) is 49.4 Å². The predicted molar refractivity (Wildman–Crippen MR) is 141 cm³/mol. The Morgan fingerprint density at radius 2 is 1.71 bits per heavy atom. The SMILES string of the molecule is Cc1ccc2nc(N3C(=O)C(=O)/C(=C(/O)c4ccc(Cl)cc4)C3c3ccc(C(C)C)cc3)sc2c1. The fraction of sp³-hybridized carbons (Fsp3) is 0.179. The van der Waals surface area contributed by atoms with Crippen molar-refractivity contribution in [1.82, 2.24) is 4.98 Å². The third-order valence-electron chi connectivity index (χ3n) is 6.22. The van der Waals surface area contributed by atoms with Crippen LogP contribution in [0.25, 0.3) is 16.0 Å². The highest BCUT2D eigenvalue weighted by Gasteiger charge is 2.48. The molecule has 1 unspecified atom stereocenters. The molecule has 7 heteroatoms. The molecule has 1 aromatic heterocycles. The van der Waals surface area contributed by atoms with Crippen LogP contribution >= 0.6 is 22.9 Å². The molecule has 176 valence electrons. The highest BCUT2D eigenvalue weighted by molar-refractivity contribution is 7.22. The number of carbonyl (C=O) groups excluding carboxylic acids is 2. The van der Waals surface area contributed by atoms with Crippen LogP contribution in [0.5, 0.6) is 0 Å². The van der Waals surface area contributed by atoms with Gasteiger partial charge >= 0.3 is 5.91 Å². The van der Waals surface area contributed by atoms with Crippen LogP contribution in [-0.2, 0) is 9.59 Å². The second-order valence-corrected chi connectivity index (χ2v) is 10.4. The molecule has 1 amide bonds. The minimum absolute atomic E-state index is 0.0325. The zero-order valence-electron chi connectivity index (χ0n) is 19.4. The highest BCUT2D eigenvalue weighted by atomic mass is 35.5. The van der Waals surface area contributed by atoms with Crippen LogP contribution in [0.4, 0.5) is 5.13 Å². The number of nitrogens with zero attached hydrogens (tertiary/aromatic N) is 2. The second kappa shape index (κ2) is 8.95. The molecule has 35 heavy (non-hydrogen) atoms. The van der Waals surface area contributed by atoms with Gasteiger partial charge in [-0.2, -0.15) is 0 Å². The first-order chi connectivity index (χ1) is 16.7. The Kier molecular flexibility index (Phi) is 5.95. The molecule has 1 atom stereocenters. The van der Waals surface area contributed by atoms with Gasteiger partial charge < -0.3 is 5.11 Å². The first-order valence-electron chi connectivity index (χ1n) is 11.3. The van der Waals surface area contributed by atoms with Crippen LogP contribution in [0.3, 0.4) is 0 Å². The van der Waals surface area contributed by atoms with Crippen molar-refractivity contribution in [2.75, 3.05) is 4.90 Å². The summed E-state index contributed by atoms with van der Waals surface area (Å²) < 4.78 is 0.925. The van der Waals surface area contributed by atoms with Gasteiger partial charge in [0.1, 0.15) is 5.76 Å². The third kappa shape index (κ3) is 4.13. The van der Waals surface area contributed by atoms with Crippen molar-refractivity contribution in [3.8, 4) is 0 Å². The summed E-state index contributed by atoms with van der Waals surface area (Å²) in [6.07, 6.45) is 0. The number of aryl methyl sites for hydroxylation is 1. The lowest BCUT2D eigenvalue weighted by molar-refractivity contribution is -0.132. The van der Waals surface area contributed by atoms with Crippen LogP contribution in [-0.4, -0.2) is 21.8 Å². The maximum absolute atomic E-state index is 13.4. The summed E-state index contributed by atoms with van der Waals surface area (Å²) >= 11 is 7.36. The fourth-order valence-corrected chi connectivity index (χ4v) is 5.51. The lowest BCUT2D eigenvalue weighted by atomic mass is 9.93. The van der Waals surface area contributed by atoms with E-state index in [4.69, 9.17) is 11.6 Å². The number of amides is 1. The molecule has 5 rings (SSSR count). The van der Waals surface area contributed by atoms with Gasteiger partial charge in [-0.25, -0.2) is 4.98 Å². The number of ketones is 1. The van der Waals surface area contributed by atoms with E-state index in [2.05, 4.69) is 18.8 Å². The van der Waals surface area contributed by atoms with Crippen LogP contribution < -0.4 is 4.90 Å². The number of thiazole rings is 1. The molecule has 2 heterocycles. The van der Waals surface area contributed by atoms with E-state index in [1.54, 1.807) is 24.3 Å². The molecule has 3 aromatic carbocycles. The van der Waals surface area contributed by atoms with Crippen LogP contribution in [0.2, 0.25) is 5.02 Å². The van der Waals surface area contributed by atoms with E-state index in [1.165, 1.54) is 16.2 Å². The Morgan fingerprint density at radius 1 is 1.03 bits per heavy atom. The van der Waals surface area contributed by atoms with E-state index in [0.717, 1.165) is 26.9 Å². The Morgan fingerprint density at radius 3 is 2.37 bits per heavy atom. The minimum atomic E-state index is -0.812. The number of benzene rings is 3. The number of anilines is 1. The van der Waals surface area contributed by atoms with Crippen LogP contribution in [0.15, 0.2) is 72.3 Å².